The van der Waals surface area contributed by atoms with Crippen LogP contribution >= 0.6 is 0 Å². The highest BCUT2D eigenvalue weighted by molar-refractivity contribution is 6.04. The second-order valence-electron chi connectivity index (χ2n) is 8.43. The minimum atomic E-state index is -0.506. The number of nitrogens with zero attached hydrogens (tertiary/aromatic N) is 3. The number of amides is 3. The molecule has 192 valence electrons. The molecule has 1 fully saturated rings. The molecule has 1 aromatic heterocycles. The van der Waals surface area contributed by atoms with E-state index in [1.54, 1.807) is 36.4 Å². The van der Waals surface area contributed by atoms with Gasteiger partial charge in [-0.2, -0.15) is 4.99 Å². The Morgan fingerprint density at radius 1 is 1.08 bits per heavy atom. The third-order valence-corrected chi connectivity index (χ3v) is 5.62. The molecule has 0 aliphatic carbocycles. The molecule has 3 amide bonds. The second kappa shape index (κ2) is 12.6. The lowest BCUT2D eigenvalue weighted by atomic mass is 10.1. The standard InChI is InChI=1S/C27H29N5O5/c28-21-9-4-5-10-22(21)30-26(34)23-12-11-20(16-29-23)17-32(13-6-14-33)27(35)31-24-18-36-25(37-24)15-19-7-2-1-3-8-19/h1-5,7-12,16,25,33H,6,13-15,17-18,28H2,(H,30,34). The van der Waals surface area contributed by atoms with Gasteiger partial charge < -0.3 is 30.5 Å². The van der Waals surface area contributed by atoms with Gasteiger partial charge in [-0.05, 0) is 35.7 Å². The lowest BCUT2D eigenvalue weighted by Crippen LogP contribution is -2.30. The lowest BCUT2D eigenvalue weighted by Gasteiger charge is -2.20. The summed E-state index contributed by atoms with van der Waals surface area (Å²) in [4.78, 5) is 35.2. The van der Waals surface area contributed by atoms with Crippen molar-refractivity contribution in [2.24, 2.45) is 4.99 Å². The zero-order valence-corrected chi connectivity index (χ0v) is 20.2. The van der Waals surface area contributed by atoms with Crippen molar-refractivity contribution in [3.05, 3.63) is 89.7 Å². The molecule has 1 unspecified atom stereocenters. The van der Waals surface area contributed by atoms with Gasteiger partial charge in [-0.1, -0.05) is 48.5 Å². The largest absolute Gasteiger partial charge is 0.449 e. The zero-order valence-electron chi connectivity index (χ0n) is 20.2. The van der Waals surface area contributed by atoms with Crippen LogP contribution in [0.5, 0.6) is 0 Å². The van der Waals surface area contributed by atoms with Crippen molar-refractivity contribution >= 4 is 29.2 Å². The van der Waals surface area contributed by atoms with Crippen molar-refractivity contribution in [3.8, 4) is 0 Å². The van der Waals surface area contributed by atoms with Crippen LogP contribution in [-0.2, 0) is 22.4 Å². The van der Waals surface area contributed by atoms with Gasteiger partial charge in [0.15, 0.2) is 0 Å². The minimum Gasteiger partial charge on any atom is -0.449 e. The molecule has 3 aromatic rings. The van der Waals surface area contributed by atoms with Crippen LogP contribution in [0.1, 0.15) is 28.0 Å². The highest BCUT2D eigenvalue weighted by atomic mass is 16.7. The van der Waals surface area contributed by atoms with Gasteiger partial charge >= 0.3 is 6.03 Å². The van der Waals surface area contributed by atoms with Gasteiger partial charge in [0, 0.05) is 32.3 Å². The summed E-state index contributed by atoms with van der Waals surface area (Å²) in [5.41, 5.74) is 8.80. The molecule has 1 saturated heterocycles. The van der Waals surface area contributed by atoms with Crippen molar-refractivity contribution in [3.63, 3.8) is 0 Å². The molecule has 0 saturated carbocycles. The number of carbonyl (C=O) groups excluding carboxylic acids is 2. The minimum absolute atomic E-state index is 0.0703. The number of aliphatic imine (C=N–C) groups is 1. The quantitative estimate of drug-likeness (QED) is 0.381. The van der Waals surface area contributed by atoms with E-state index in [2.05, 4.69) is 15.3 Å². The Bertz CT molecular complexity index is 1230. The van der Waals surface area contributed by atoms with Crippen molar-refractivity contribution < 1.29 is 24.2 Å². The molecule has 4 N–H and O–H groups in total. The molecule has 1 atom stereocenters. The molecule has 0 radical (unpaired) electrons. The van der Waals surface area contributed by atoms with E-state index in [1.165, 1.54) is 11.1 Å². The number of hydrogen-bond acceptors (Lipinski definition) is 7. The van der Waals surface area contributed by atoms with E-state index < -0.39 is 18.2 Å². The van der Waals surface area contributed by atoms with Crippen molar-refractivity contribution in [1.82, 2.24) is 9.88 Å². The molecule has 1 aliphatic rings. The Kier molecular flexibility index (Phi) is 8.79. The average molecular weight is 504 g/mol. The first kappa shape index (κ1) is 25.8. The number of ether oxygens (including phenoxy) is 2. The Hall–Kier alpha value is -4.28. The number of aliphatic hydroxyl groups is 1. The van der Waals surface area contributed by atoms with Gasteiger partial charge in [-0.25, -0.2) is 4.79 Å². The highest BCUT2D eigenvalue weighted by Crippen LogP contribution is 2.18. The summed E-state index contributed by atoms with van der Waals surface area (Å²) >= 11 is 0. The number of benzene rings is 2. The summed E-state index contributed by atoms with van der Waals surface area (Å²) in [7, 11) is 0. The number of aliphatic hydroxyl groups excluding tert-OH is 1. The number of rotatable bonds is 9. The van der Waals surface area contributed by atoms with Crippen LogP contribution in [0.25, 0.3) is 0 Å². The van der Waals surface area contributed by atoms with Crippen LogP contribution in [0.3, 0.4) is 0 Å². The molecule has 2 aromatic carbocycles. The number of nitrogens with two attached hydrogens (primary N) is 1. The van der Waals surface area contributed by atoms with Gasteiger partial charge in [-0.3, -0.25) is 9.78 Å². The monoisotopic (exact) mass is 503 g/mol. The van der Waals surface area contributed by atoms with Crippen LogP contribution in [0.4, 0.5) is 16.2 Å². The molecular weight excluding hydrogens is 474 g/mol. The Morgan fingerprint density at radius 3 is 2.59 bits per heavy atom. The van der Waals surface area contributed by atoms with Crippen LogP contribution in [0.15, 0.2) is 77.9 Å². The number of nitrogens with one attached hydrogen (secondary N) is 1. The lowest BCUT2D eigenvalue weighted by molar-refractivity contribution is -0.0209. The zero-order chi connectivity index (χ0) is 26.0. The third kappa shape index (κ3) is 7.35. The number of anilines is 2. The number of aromatic nitrogens is 1. The molecule has 0 bridgehead atoms. The molecule has 0 spiro atoms. The molecule has 4 rings (SSSR count). The van der Waals surface area contributed by atoms with Crippen molar-refractivity contribution in [2.45, 2.75) is 25.7 Å². The Balaban J connectivity index is 1.36. The van der Waals surface area contributed by atoms with Gasteiger partial charge in [-0.15, -0.1) is 0 Å². The maximum Gasteiger partial charge on any atom is 0.346 e. The average Bonchev–Trinajstić information content (AvgIpc) is 3.35. The number of urea groups is 1. The number of pyridine rings is 1. The molecule has 37 heavy (non-hydrogen) atoms. The van der Waals surface area contributed by atoms with Gasteiger partial charge in [0.2, 0.25) is 12.2 Å². The van der Waals surface area contributed by atoms with Crippen molar-refractivity contribution in [1.29, 1.82) is 0 Å². The number of carbonyl (C=O) groups is 2. The van der Waals surface area contributed by atoms with E-state index in [0.717, 1.165) is 5.56 Å². The normalized spacial score (nSPS) is 15.8. The number of nitrogen functional groups attached to an aromatic ring is 1. The first-order valence-electron chi connectivity index (χ1n) is 11.9. The predicted molar refractivity (Wildman–Crippen MR) is 139 cm³/mol. The number of para-hydroxylation sites is 2. The van der Waals surface area contributed by atoms with Crippen LogP contribution in [-0.4, -0.2) is 58.9 Å². The Morgan fingerprint density at radius 2 is 1.86 bits per heavy atom. The first-order chi connectivity index (χ1) is 18.0. The fraction of sp³-hybridized carbons (Fsp3) is 0.259. The summed E-state index contributed by atoms with van der Waals surface area (Å²) in [5, 5.41) is 12.0. The smallest absolute Gasteiger partial charge is 0.346 e. The van der Waals surface area contributed by atoms with Gasteiger partial charge in [0.25, 0.3) is 5.91 Å². The van der Waals surface area contributed by atoms with E-state index in [-0.39, 0.29) is 37.9 Å². The van der Waals surface area contributed by atoms with Crippen LogP contribution in [0.2, 0.25) is 0 Å². The summed E-state index contributed by atoms with van der Waals surface area (Å²) in [6.45, 7) is 0.522. The maximum atomic E-state index is 12.9. The van der Waals surface area contributed by atoms with Gasteiger partial charge in [0.1, 0.15) is 12.3 Å². The predicted octanol–water partition coefficient (Wildman–Crippen LogP) is 3.23. The fourth-order valence-electron chi connectivity index (χ4n) is 3.70. The molecule has 2 heterocycles. The van der Waals surface area contributed by atoms with E-state index in [1.807, 2.05) is 30.3 Å². The van der Waals surface area contributed by atoms with Crippen LogP contribution < -0.4 is 11.1 Å². The van der Waals surface area contributed by atoms with E-state index in [0.29, 0.717) is 29.8 Å². The Labute approximate surface area is 214 Å². The van der Waals surface area contributed by atoms with E-state index in [4.69, 9.17) is 15.2 Å². The molecule has 1 aliphatic heterocycles. The fourth-order valence-corrected chi connectivity index (χ4v) is 3.70. The van der Waals surface area contributed by atoms with E-state index >= 15 is 0 Å². The second-order valence-corrected chi connectivity index (χ2v) is 8.43. The third-order valence-electron chi connectivity index (χ3n) is 5.62. The molecule has 10 heteroatoms. The summed E-state index contributed by atoms with van der Waals surface area (Å²) < 4.78 is 11.3. The highest BCUT2D eigenvalue weighted by Gasteiger charge is 2.25. The van der Waals surface area contributed by atoms with E-state index in [9.17, 15) is 14.7 Å². The topological polar surface area (TPSA) is 139 Å². The first-order valence-corrected chi connectivity index (χ1v) is 11.9. The number of hydrogen-bond donors (Lipinski definition) is 3. The summed E-state index contributed by atoms with van der Waals surface area (Å²) in [6.07, 6.45) is 1.96. The molecule has 10 nitrogen and oxygen atoms in total. The van der Waals surface area contributed by atoms with Gasteiger partial charge in [0.05, 0.1) is 11.4 Å². The van der Waals surface area contributed by atoms with Crippen molar-refractivity contribution in [2.75, 3.05) is 30.8 Å². The van der Waals surface area contributed by atoms with Crippen LogP contribution in [0, 0.1) is 0 Å². The summed E-state index contributed by atoms with van der Waals surface area (Å²) in [6, 6.07) is 19.5. The maximum absolute atomic E-state index is 12.9. The summed E-state index contributed by atoms with van der Waals surface area (Å²) in [5.74, 6) is -0.183. The SMILES string of the molecule is Nc1ccccc1NC(=O)c1ccc(CN(CCCO)C(=O)N=C2COC(Cc3ccccc3)O2)cn1. The molecular formula is C27H29N5O5.